The summed E-state index contributed by atoms with van der Waals surface area (Å²) < 4.78 is 0. The molecule has 1 unspecified atom stereocenters. The van der Waals surface area contributed by atoms with E-state index in [9.17, 15) is 14.4 Å². The lowest BCUT2D eigenvalue weighted by Crippen LogP contribution is -2.28. The van der Waals surface area contributed by atoms with E-state index in [4.69, 9.17) is 0 Å². The van der Waals surface area contributed by atoms with Gasteiger partial charge in [-0.1, -0.05) is 50.2 Å². The molecule has 1 heterocycles. The SMILES string of the molecule is CC(C)C(=O)Nc1ccc(NC(=O)C2CC(=O)N(c3cccc4ccccc34)C2)cc1. The molecule has 1 aliphatic rings. The van der Waals surface area contributed by atoms with Crippen LogP contribution in [0.2, 0.25) is 0 Å². The van der Waals surface area contributed by atoms with E-state index in [2.05, 4.69) is 10.6 Å². The zero-order chi connectivity index (χ0) is 22.0. The summed E-state index contributed by atoms with van der Waals surface area (Å²) in [6, 6.07) is 20.8. The molecule has 1 aliphatic heterocycles. The molecule has 0 radical (unpaired) electrons. The molecule has 3 amide bonds. The molecule has 1 saturated heterocycles. The molecule has 6 heteroatoms. The average molecular weight is 415 g/mol. The zero-order valence-electron chi connectivity index (χ0n) is 17.6. The van der Waals surface area contributed by atoms with Gasteiger partial charge in [-0.2, -0.15) is 0 Å². The van der Waals surface area contributed by atoms with Gasteiger partial charge in [-0.15, -0.1) is 0 Å². The molecule has 158 valence electrons. The maximum absolute atomic E-state index is 12.8. The van der Waals surface area contributed by atoms with Gasteiger partial charge in [0.05, 0.1) is 11.6 Å². The molecule has 31 heavy (non-hydrogen) atoms. The second kappa shape index (κ2) is 8.60. The van der Waals surface area contributed by atoms with Crippen molar-refractivity contribution in [2.24, 2.45) is 11.8 Å². The van der Waals surface area contributed by atoms with Gasteiger partial charge < -0.3 is 15.5 Å². The molecule has 3 aromatic rings. The molecule has 6 nitrogen and oxygen atoms in total. The van der Waals surface area contributed by atoms with Gasteiger partial charge in [-0.3, -0.25) is 14.4 Å². The van der Waals surface area contributed by atoms with E-state index in [1.807, 2.05) is 56.3 Å². The van der Waals surface area contributed by atoms with Crippen molar-refractivity contribution in [1.82, 2.24) is 0 Å². The number of carbonyl (C=O) groups is 3. The second-order valence-corrected chi connectivity index (χ2v) is 8.11. The van der Waals surface area contributed by atoms with Gasteiger partial charge in [0.2, 0.25) is 17.7 Å². The van der Waals surface area contributed by atoms with Crippen molar-refractivity contribution in [2.45, 2.75) is 20.3 Å². The molecule has 3 aromatic carbocycles. The van der Waals surface area contributed by atoms with Crippen LogP contribution < -0.4 is 15.5 Å². The van der Waals surface area contributed by atoms with Crippen molar-refractivity contribution in [3.05, 3.63) is 66.7 Å². The van der Waals surface area contributed by atoms with Gasteiger partial charge in [0.1, 0.15) is 0 Å². The monoisotopic (exact) mass is 415 g/mol. The lowest BCUT2D eigenvalue weighted by molar-refractivity contribution is -0.122. The number of fused-ring (bicyclic) bond motifs is 1. The fourth-order valence-corrected chi connectivity index (χ4v) is 3.73. The topological polar surface area (TPSA) is 78.5 Å². The summed E-state index contributed by atoms with van der Waals surface area (Å²) in [6.07, 6.45) is 0.178. The summed E-state index contributed by atoms with van der Waals surface area (Å²) in [7, 11) is 0. The molecule has 1 fully saturated rings. The molecule has 1 atom stereocenters. The van der Waals surface area contributed by atoms with E-state index in [1.54, 1.807) is 29.2 Å². The third-order valence-corrected chi connectivity index (χ3v) is 5.50. The van der Waals surface area contributed by atoms with Gasteiger partial charge in [0.15, 0.2) is 0 Å². The third-order valence-electron chi connectivity index (χ3n) is 5.50. The van der Waals surface area contributed by atoms with Crippen molar-refractivity contribution in [3.8, 4) is 0 Å². The zero-order valence-corrected chi connectivity index (χ0v) is 17.6. The van der Waals surface area contributed by atoms with Crippen LogP contribution in [0.1, 0.15) is 20.3 Å². The Morgan fingerprint density at radius 1 is 0.903 bits per heavy atom. The number of hydrogen-bond acceptors (Lipinski definition) is 3. The Hall–Kier alpha value is -3.67. The number of carbonyl (C=O) groups excluding carboxylic acids is 3. The summed E-state index contributed by atoms with van der Waals surface area (Å²) in [5.74, 6) is -0.830. The Kier molecular flexibility index (Phi) is 5.71. The molecule has 0 aliphatic carbocycles. The highest BCUT2D eigenvalue weighted by Gasteiger charge is 2.35. The normalized spacial score (nSPS) is 16.0. The number of anilines is 3. The van der Waals surface area contributed by atoms with Crippen molar-refractivity contribution < 1.29 is 14.4 Å². The highest BCUT2D eigenvalue weighted by molar-refractivity contribution is 6.08. The summed E-state index contributed by atoms with van der Waals surface area (Å²) in [6.45, 7) is 4.00. The Bertz CT molecular complexity index is 1130. The fourth-order valence-electron chi connectivity index (χ4n) is 3.73. The number of rotatable bonds is 5. The quantitative estimate of drug-likeness (QED) is 0.647. The summed E-state index contributed by atoms with van der Waals surface area (Å²) in [4.78, 5) is 39.0. The smallest absolute Gasteiger partial charge is 0.229 e. The summed E-state index contributed by atoms with van der Waals surface area (Å²) in [5, 5.41) is 7.76. The highest BCUT2D eigenvalue weighted by atomic mass is 16.2. The van der Waals surface area contributed by atoms with Crippen LogP contribution in [-0.4, -0.2) is 24.3 Å². The number of nitrogens with one attached hydrogen (secondary N) is 2. The van der Waals surface area contributed by atoms with Gasteiger partial charge >= 0.3 is 0 Å². The molecule has 0 spiro atoms. The van der Waals surface area contributed by atoms with Crippen LogP contribution in [0.25, 0.3) is 10.8 Å². The molecular weight excluding hydrogens is 390 g/mol. The fraction of sp³-hybridized carbons (Fsp3) is 0.240. The minimum absolute atomic E-state index is 0.0525. The predicted molar refractivity (Wildman–Crippen MR) is 123 cm³/mol. The standard InChI is InChI=1S/C25H25N3O3/c1-16(2)24(30)26-19-10-12-20(13-11-19)27-25(31)18-14-23(29)28(15-18)22-9-5-7-17-6-3-4-8-21(17)22/h3-13,16,18H,14-15H2,1-2H3,(H,26,30)(H,27,31). The predicted octanol–water partition coefficient (Wildman–Crippen LogP) is 4.43. The Morgan fingerprint density at radius 2 is 1.55 bits per heavy atom. The van der Waals surface area contributed by atoms with Gasteiger partial charge in [-0.25, -0.2) is 0 Å². The first kappa shape index (κ1) is 20.6. The van der Waals surface area contributed by atoms with Gasteiger partial charge in [-0.05, 0) is 35.7 Å². The van der Waals surface area contributed by atoms with Crippen molar-refractivity contribution in [3.63, 3.8) is 0 Å². The number of amides is 3. The summed E-state index contributed by atoms with van der Waals surface area (Å²) >= 11 is 0. The lowest BCUT2D eigenvalue weighted by Gasteiger charge is -2.19. The highest BCUT2D eigenvalue weighted by Crippen LogP contribution is 2.32. The minimum Gasteiger partial charge on any atom is -0.326 e. The van der Waals surface area contributed by atoms with E-state index in [0.717, 1.165) is 16.5 Å². The third kappa shape index (κ3) is 4.43. The van der Waals surface area contributed by atoms with E-state index in [-0.39, 0.29) is 30.1 Å². The van der Waals surface area contributed by atoms with E-state index >= 15 is 0 Å². The van der Waals surface area contributed by atoms with Crippen LogP contribution in [0, 0.1) is 11.8 Å². The van der Waals surface area contributed by atoms with Crippen LogP contribution >= 0.6 is 0 Å². The van der Waals surface area contributed by atoms with Crippen molar-refractivity contribution >= 4 is 45.6 Å². The molecule has 4 rings (SSSR count). The molecule has 0 saturated carbocycles. The van der Waals surface area contributed by atoms with Crippen LogP contribution in [0.3, 0.4) is 0 Å². The minimum atomic E-state index is -0.424. The molecule has 2 N–H and O–H groups in total. The first-order valence-electron chi connectivity index (χ1n) is 10.4. The van der Waals surface area contributed by atoms with Crippen LogP contribution in [-0.2, 0) is 14.4 Å². The Balaban J connectivity index is 1.43. The van der Waals surface area contributed by atoms with Crippen LogP contribution in [0.5, 0.6) is 0 Å². The first-order chi connectivity index (χ1) is 14.9. The maximum Gasteiger partial charge on any atom is 0.229 e. The van der Waals surface area contributed by atoms with Gasteiger partial charge in [0, 0.05) is 35.6 Å². The Labute approximate surface area is 181 Å². The van der Waals surface area contributed by atoms with E-state index in [0.29, 0.717) is 17.9 Å². The van der Waals surface area contributed by atoms with Crippen LogP contribution in [0.15, 0.2) is 66.7 Å². The van der Waals surface area contributed by atoms with Crippen molar-refractivity contribution in [2.75, 3.05) is 22.1 Å². The molecule has 0 bridgehead atoms. The Morgan fingerprint density at radius 3 is 2.26 bits per heavy atom. The number of nitrogens with zero attached hydrogens (tertiary/aromatic N) is 1. The molecule has 0 aromatic heterocycles. The maximum atomic E-state index is 12.8. The summed E-state index contributed by atoms with van der Waals surface area (Å²) in [5.41, 5.74) is 2.14. The molecular formula is C25H25N3O3. The number of benzene rings is 3. The van der Waals surface area contributed by atoms with E-state index < -0.39 is 5.92 Å². The van der Waals surface area contributed by atoms with Gasteiger partial charge in [0.25, 0.3) is 0 Å². The van der Waals surface area contributed by atoms with Crippen LogP contribution in [0.4, 0.5) is 17.1 Å². The largest absolute Gasteiger partial charge is 0.326 e. The number of hydrogen-bond donors (Lipinski definition) is 2. The average Bonchev–Trinajstić information content (AvgIpc) is 3.16. The van der Waals surface area contributed by atoms with E-state index in [1.165, 1.54) is 0 Å². The second-order valence-electron chi connectivity index (χ2n) is 8.11. The lowest BCUT2D eigenvalue weighted by atomic mass is 10.1. The van der Waals surface area contributed by atoms with Crippen molar-refractivity contribution in [1.29, 1.82) is 0 Å². The first-order valence-corrected chi connectivity index (χ1v) is 10.4.